The third kappa shape index (κ3) is 2.63. The smallest absolute Gasteiger partial charge is 0.257 e. The number of aliphatic hydroxyl groups is 1. The Morgan fingerprint density at radius 3 is 2.90 bits per heavy atom. The van der Waals surface area contributed by atoms with E-state index >= 15 is 0 Å². The molecule has 2 unspecified atom stereocenters. The van der Waals surface area contributed by atoms with Gasteiger partial charge < -0.3 is 15.3 Å². The number of carbonyl (C=O) groups is 1. The number of nitrogens with zero attached hydrogens (tertiary/aromatic N) is 1. The van der Waals surface area contributed by atoms with Gasteiger partial charge in [0.1, 0.15) is 5.37 Å². The van der Waals surface area contributed by atoms with Gasteiger partial charge in [0.15, 0.2) is 15.9 Å². The van der Waals surface area contributed by atoms with Gasteiger partial charge in [-0.3, -0.25) is 4.79 Å². The minimum Gasteiger partial charge on any atom is -0.378 e. The van der Waals surface area contributed by atoms with Crippen LogP contribution in [0.2, 0.25) is 0 Å². The van der Waals surface area contributed by atoms with Gasteiger partial charge in [-0.1, -0.05) is 6.07 Å². The molecule has 0 bridgehead atoms. The molecular weight excluding hydrogens is 312 g/mol. The van der Waals surface area contributed by atoms with Gasteiger partial charge in [-0.05, 0) is 12.1 Å². The van der Waals surface area contributed by atoms with Crippen molar-refractivity contribution in [2.45, 2.75) is 11.5 Å². The van der Waals surface area contributed by atoms with Crippen LogP contribution in [-0.4, -0.2) is 49.1 Å². The fraction of sp³-hybridized carbons (Fsp3) is 0.462. The Morgan fingerprint density at radius 2 is 2.19 bits per heavy atom. The summed E-state index contributed by atoms with van der Waals surface area (Å²) in [5.41, 5.74) is 1.83. The lowest BCUT2D eigenvalue weighted by molar-refractivity contribution is -0.123. The Kier molecular flexibility index (Phi) is 3.62. The zero-order valence-electron chi connectivity index (χ0n) is 11.4. The number of anilines is 2. The van der Waals surface area contributed by atoms with Gasteiger partial charge in [0.25, 0.3) is 5.91 Å². The van der Waals surface area contributed by atoms with Crippen LogP contribution in [0.15, 0.2) is 18.2 Å². The molecule has 3 rings (SSSR count). The number of amides is 1. The zero-order valence-corrected chi connectivity index (χ0v) is 13.1. The van der Waals surface area contributed by atoms with Crippen LogP contribution in [-0.2, 0) is 14.6 Å². The first-order chi connectivity index (χ1) is 9.88. The molecule has 1 fully saturated rings. The average Bonchev–Trinajstić information content (AvgIpc) is 2.73. The fourth-order valence-corrected chi connectivity index (χ4v) is 5.48. The van der Waals surface area contributed by atoms with Crippen molar-refractivity contribution in [1.82, 2.24) is 0 Å². The number of thioether (sulfide) groups is 1. The monoisotopic (exact) mass is 328 g/mol. The van der Waals surface area contributed by atoms with E-state index in [1.165, 1.54) is 6.26 Å². The number of hydrogen-bond donors (Lipinski definition) is 2. The lowest BCUT2D eigenvalue weighted by Gasteiger charge is -2.36. The Morgan fingerprint density at radius 1 is 1.43 bits per heavy atom. The Balaban J connectivity index is 1.97. The maximum Gasteiger partial charge on any atom is 0.257 e. The van der Waals surface area contributed by atoms with Gasteiger partial charge in [-0.15, -0.1) is 0 Å². The molecule has 6 nitrogen and oxygen atoms in total. The summed E-state index contributed by atoms with van der Waals surface area (Å²) in [6.07, 6.45) is 0.104. The summed E-state index contributed by atoms with van der Waals surface area (Å²) < 4.78 is 23.9. The lowest BCUT2D eigenvalue weighted by atomic mass is 10.1. The number of carbonyl (C=O) groups excluding carboxylic acids is 1. The number of fused-ring (bicyclic) bond motifs is 1. The first-order valence-corrected chi connectivity index (χ1v) is 9.65. The molecule has 0 aliphatic carbocycles. The number of nitrogens with one attached hydrogen (secondary N) is 1. The van der Waals surface area contributed by atoms with Gasteiger partial charge >= 0.3 is 0 Å². The van der Waals surface area contributed by atoms with Gasteiger partial charge in [-0.25, -0.2) is 8.42 Å². The number of hydrogen-bond acceptors (Lipinski definition) is 6. The lowest BCUT2D eigenvalue weighted by Crippen LogP contribution is -2.47. The molecular formula is C13H16N2O4S2. The molecule has 0 saturated carbocycles. The largest absolute Gasteiger partial charge is 0.378 e. The average molecular weight is 328 g/mol. The van der Waals surface area contributed by atoms with E-state index in [0.717, 1.165) is 11.4 Å². The van der Waals surface area contributed by atoms with Gasteiger partial charge in [0, 0.05) is 41.2 Å². The molecule has 1 aromatic rings. The summed E-state index contributed by atoms with van der Waals surface area (Å²) in [5.74, 6) is 0.944. The maximum atomic E-state index is 11.9. The first-order valence-electron chi connectivity index (χ1n) is 6.54. The van der Waals surface area contributed by atoms with Gasteiger partial charge in [-0.2, -0.15) is 11.8 Å². The van der Waals surface area contributed by atoms with Crippen molar-refractivity contribution in [1.29, 1.82) is 0 Å². The van der Waals surface area contributed by atoms with Crippen molar-refractivity contribution >= 4 is 38.9 Å². The normalized spacial score (nSPS) is 25.6. The van der Waals surface area contributed by atoms with Crippen LogP contribution in [0.4, 0.5) is 11.4 Å². The molecule has 2 atom stereocenters. The standard InChI is InChI=1S/C13H16N2O4S2/c1-21(18,19)11-7-20-5-4-15(11)8-2-3-9-10(6-8)14-13(17)12(9)16/h2-3,6,11-12,16H,4-5,7H2,1H3,(H,14,17). The second-order valence-electron chi connectivity index (χ2n) is 5.22. The minimum absolute atomic E-state index is 0.448. The summed E-state index contributed by atoms with van der Waals surface area (Å²) in [6, 6.07) is 5.17. The fourth-order valence-electron chi connectivity index (χ4n) is 2.64. The van der Waals surface area contributed by atoms with Crippen LogP contribution < -0.4 is 10.2 Å². The topological polar surface area (TPSA) is 86.7 Å². The predicted molar refractivity (Wildman–Crippen MR) is 83.3 cm³/mol. The first kappa shape index (κ1) is 14.7. The quantitative estimate of drug-likeness (QED) is 0.827. The summed E-state index contributed by atoms with van der Waals surface area (Å²) >= 11 is 1.62. The highest BCUT2D eigenvalue weighted by Gasteiger charge is 2.33. The van der Waals surface area contributed by atoms with Crippen LogP contribution in [0, 0.1) is 0 Å². The predicted octanol–water partition coefficient (Wildman–Crippen LogP) is 0.596. The van der Waals surface area contributed by atoms with E-state index in [0.29, 0.717) is 23.5 Å². The molecule has 2 aliphatic heterocycles. The van der Waals surface area contributed by atoms with E-state index in [4.69, 9.17) is 0 Å². The summed E-state index contributed by atoms with van der Waals surface area (Å²) in [6.45, 7) is 0.637. The molecule has 8 heteroatoms. The zero-order chi connectivity index (χ0) is 15.2. The molecule has 0 aromatic heterocycles. The van der Waals surface area contributed by atoms with Crippen LogP contribution in [0.5, 0.6) is 0 Å². The van der Waals surface area contributed by atoms with Crippen LogP contribution in [0.25, 0.3) is 0 Å². The Labute approximate surface area is 127 Å². The van der Waals surface area contributed by atoms with Crippen molar-refractivity contribution in [3.05, 3.63) is 23.8 Å². The molecule has 1 amide bonds. The highest BCUT2D eigenvalue weighted by molar-refractivity contribution is 8.01. The molecule has 2 aliphatic rings. The number of rotatable bonds is 2. The molecule has 1 saturated heterocycles. The highest BCUT2D eigenvalue weighted by atomic mass is 32.2. The van der Waals surface area contributed by atoms with Crippen molar-refractivity contribution < 1.29 is 18.3 Å². The highest BCUT2D eigenvalue weighted by Crippen LogP contribution is 2.36. The van der Waals surface area contributed by atoms with Gasteiger partial charge in [0.05, 0.1) is 0 Å². The molecule has 0 spiro atoms. The number of aliphatic hydroxyl groups excluding tert-OH is 1. The van der Waals surface area contributed by atoms with Crippen molar-refractivity contribution in [2.75, 3.05) is 34.5 Å². The van der Waals surface area contributed by atoms with Crippen LogP contribution >= 0.6 is 11.8 Å². The molecule has 1 aromatic carbocycles. The van der Waals surface area contributed by atoms with E-state index in [1.54, 1.807) is 30.0 Å². The molecule has 0 radical (unpaired) electrons. The van der Waals surface area contributed by atoms with Gasteiger partial charge in [0.2, 0.25) is 0 Å². The SMILES string of the molecule is CS(=O)(=O)C1CSCCN1c1ccc2c(c1)NC(=O)C2O. The second-order valence-corrected chi connectivity index (χ2v) is 8.57. The maximum absolute atomic E-state index is 11.9. The van der Waals surface area contributed by atoms with E-state index in [2.05, 4.69) is 5.32 Å². The van der Waals surface area contributed by atoms with Crippen molar-refractivity contribution in [3.63, 3.8) is 0 Å². The Bertz CT molecular complexity index is 689. The molecule has 2 N–H and O–H groups in total. The third-order valence-electron chi connectivity index (χ3n) is 3.75. The second kappa shape index (κ2) is 5.19. The van der Waals surface area contributed by atoms with Crippen LogP contribution in [0.1, 0.15) is 11.7 Å². The molecule has 114 valence electrons. The van der Waals surface area contributed by atoms with E-state index in [9.17, 15) is 18.3 Å². The minimum atomic E-state index is -3.19. The number of benzene rings is 1. The van der Waals surface area contributed by atoms with E-state index in [1.807, 2.05) is 4.90 Å². The van der Waals surface area contributed by atoms with Crippen molar-refractivity contribution in [2.24, 2.45) is 0 Å². The van der Waals surface area contributed by atoms with Crippen molar-refractivity contribution in [3.8, 4) is 0 Å². The molecule has 2 heterocycles. The van der Waals surface area contributed by atoms with E-state index in [-0.39, 0.29) is 0 Å². The summed E-state index contributed by atoms with van der Waals surface area (Å²) in [4.78, 5) is 13.3. The molecule has 21 heavy (non-hydrogen) atoms. The van der Waals surface area contributed by atoms with Crippen LogP contribution in [0.3, 0.4) is 0 Å². The number of sulfone groups is 1. The Hall–Kier alpha value is -1.25. The summed E-state index contributed by atoms with van der Waals surface area (Å²) in [7, 11) is -3.19. The third-order valence-corrected chi connectivity index (χ3v) is 6.39. The van der Waals surface area contributed by atoms with E-state index < -0.39 is 27.2 Å². The summed E-state index contributed by atoms with van der Waals surface area (Å²) in [5, 5.41) is 11.8.